The molecule has 0 saturated carbocycles. The second kappa shape index (κ2) is 8.46. The van der Waals surface area contributed by atoms with Crippen LogP contribution in [0.15, 0.2) is 87.6 Å². The summed E-state index contributed by atoms with van der Waals surface area (Å²) in [6.07, 6.45) is 0. The van der Waals surface area contributed by atoms with Crippen molar-refractivity contribution in [1.82, 2.24) is 9.97 Å². The summed E-state index contributed by atoms with van der Waals surface area (Å²) in [5.74, 6) is -0.383. The summed E-state index contributed by atoms with van der Waals surface area (Å²) in [6, 6.07) is 21.0. The van der Waals surface area contributed by atoms with Crippen molar-refractivity contribution >= 4 is 32.6 Å². The van der Waals surface area contributed by atoms with E-state index in [1.54, 1.807) is 48.5 Å². The molecule has 0 N–H and O–H groups in total. The Morgan fingerprint density at radius 1 is 0.935 bits per heavy atom. The molecule has 154 valence electrons. The van der Waals surface area contributed by atoms with E-state index in [0.29, 0.717) is 15.9 Å². The molecule has 0 saturated heterocycles. The lowest BCUT2D eigenvalue weighted by Crippen LogP contribution is -2.15. The Kier molecular flexibility index (Phi) is 5.72. The zero-order chi connectivity index (χ0) is 22.0. The zero-order valence-electron chi connectivity index (χ0n) is 16.4. The molecule has 1 heterocycles. The molecule has 0 aliphatic rings. The van der Waals surface area contributed by atoms with E-state index >= 15 is 0 Å². The number of aromatic nitrogens is 2. The van der Waals surface area contributed by atoms with Crippen molar-refractivity contribution in [3.63, 3.8) is 0 Å². The molecule has 1 atom stereocenters. The van der Waals surface area contributed by atoms with Crippen LogP contribution in [0.3, 0.4) is 0 Å². The van der Waals surface area contributed by atoms with Crippen molar-refractivity contribution in [2.24, 2.45) is 0 Å². The first kappa shape index (κ1) is 21.0. The minimum Gasteiger partial charge on any atom is -0.246 e. The Balaban J connectivity index is 1.88. The van der Waals surface area contributed by atoms with Gasteiger partial charge in [0.1, 0.15) is 16.5 Å². The predicted octanol–water partition coefficient (Wildman–Crippen LogP) is 5.27. The topological polar surface area (TPSA) is 83.7 Å². The average Bonchev–Trinajstić information content (AvgIpc) is 2.76. The summed E-state index contributed by atoms with van der Waals surface area (Å²) in [5, 5.41) is 8.61. The molecule has 0 bridgehead atoms. The summed E-state index contributed by atoms with van der Waals surface area (Å²) in [7, 11) is -4.05. The lowest BCUT2D eigenvalue weighted by molar-refractivity contribution is 0.589. The molecular formula is C23H16FN3O2S2. The summed E-state index contributed by atoms with van der Waals surface area (Å²) < 4.78 is 39.9. The lowest BCUT2D eigenvalue weighted by Gasteiger charge is -2.15. The third-order valence-electron chi connectivity index (χ3n) is 4.62. The van der Waals surface area contributed by atoms with Gasteiger partial charge in [0.05, 0.1) is 22.0 Å². The maximum absolute atomic E-state index is 13.3. The van der Waals surface area contributed by atoms with Crippen LogP contribution in [0.5, 0.6) is 0 Å². The van der Waals surface area contributed by atoms with Gasteiger partial charge in [-0.1, -0.05) is 41.6 Å². The van der Waals surface area contributed by atoms with E-state index in [0.717, 1.165) is 17.3 Å². The first-order chi connectivity index (χ1) is 14.9. The molecule has 0 radical (unpaired) electrons. The van der Waals surface area contributed by atoms with Crippen LogP contribution in [0.1, 0.15) is 16.5 Å². The SMILES string of the molecule is Cc1ccc(S(=O)(=O)C(C#N)c2nc3ccccc3nc2Sc2ccc(F)cc2)cc1. The second-order valence-electron chi connectivity index (χ2n) is 6.83. The Morgan fingerprint density at radius 3 is 2.16 bits per heavy atom. The van der Waals surface area contributed by atoms with Gasteiger partial charge in [0.15, 0.2) is 15.1 Å². The van der Waals surface area contributed by atoms with Gasteiger partial charge in [-0.25, -0.2) is 22.8 Å². The predicted molar refractivity (Wildman–Crippen MR) is 117 cm³/mol. The molecule has 31 heavy (non-hydrogen) atoms. The smallest absolute Gasteiger partial charge is 0.200 e. The molecule has 1 unspecified atom stereocenters. The molecule has 0 spiro atoms. The quantitative estimate of drug-likeness (QED) is 0.413. The lowest BCUT2D eigenvalue weighted by atomic mass is 10.2. The molecule has 8 heteroatoms. The van der Waals surface area contributed by atoms with Crippen LogP contribution in [0.2, 0.25) is 0 Å². The molecule has 0 fully saturated rings. The van der Waals surface area contributed by atoms with E-state index in [1.807, 2.05) is 13.0 Å². The van der Waals surface area contributed by atoms with Crippen molar-refractivity contribution in [3.8, 4) is 6.07 Å². The monoisotopic (exact) mass is 449 g/mol. The van der Waals surface area contributed by atoms with Crippen LogP contribution in [0.25, 0.3) is 11.0 Å². The van der Waals surface area contributed by atoms with Gasteiger partial charge in [0, 0.05) is 4.90 Å². The molecule has 0 aliphatic carbocycles. The third kappa shape index (κ3) is 4.29. The average molecular weight is 450 g/mol. The number of nitriles is 1. The van der Waals surface area contributed by atoms with E-state index in [4.69, 9.17) is 0 Å². The maximum atomic E-state index is 13.3. The van der Waals surface area contributed by atoms with E-state index in [1.165, 1.54) is 24.3 Å². The van der Waals surface area contributed by atoms with Gasteiger partial charge in [-0.05, 0) is 55.5 Å². The van der Waals surface area contributed by atoms with Crippen LogP contribution < -0.4 is 0 Å². The fourth-order valence-corrected chi connectivity index (χ4v) is 5.37. The first-order valence-electron chi connectivity index (χ1n) is 9.29. The number of nitrogens with zero attached hydrogens (tertiary/aromatic N) is 3. The van der Waals surface area contributed by atoms with E-state index < -0.39 is 15.1 Å². The Labute approximate surface area is 183 Å². The molecule has 0 aliphatic heterocycles. The number of sulfone groups is 1. The van der Waals surface area contributed by atoms with Crippen LogP contribution in [-0.2, 0) is 9.84 Å². The fraction of sp³-hybridized carbons (Fsp3) is 0.0870. The molecule has 4 rings (SSSR count). The number of benzene rings is 3. The fourth-order valence-electron chi connectivity index (χ4n) is 3.00. The number of para-hydroxylation sites is 2. The number of halogens is 1. The molecular weight excluding hydrogens is 433 g/mol. The highest BCUT2D eigenvalue weighted by atomic mass is 32.2. The van der Waals surface area contributed by atoms with Crippen LogP contribution in [0, 0.1) is 24.1 Å². The summed E-state index contributed by atoms with van der Waals surface area (Å²) >= 11 is 1.14. The van der Waals surface area contributed by atoms with Gasteiger partial charge < -0.3 is 0 Å². The maximum Gasteiger partial charge on any atom is 0.200 e. The minimum absolute atomic E-state index is 0.0392. The zero-order valence-corrected chi connectivity index (χ0v) is 18.0. The molecule has 3 aromatic carbocycles. The summed E-state index contributed by atoms with van der Waals surface area (Å²) in [4.78, 5) is 9.77. The van der Waals surface area contributed by atoms with Gasteiger partial charge >= 0.3 is 0 Å². The number of rotatable bonds is 5. The number of hydrogen-bond acceptors (Lipinski definition) is 6. The standard InChI is InChI=1S/C23H16FN3O2S2/c1-15-6-12-18(13-7-15)31(28,29)21(14-25)22-23(30-17-10-8-16(24)9-11-17)27-20-5-3-2-4-19(20)26-22/h2-13,21H,1H3. The van der Waals surface area contributed by atoms with Gasteiger partial charge in [0.25, 0.3) is 0 Å². The molecule has 5 nitrogen and oxygen atoms in total. The summed E-state index contributed by atoms with van der Waals surface area (Å²) in [5.41, 5.74) is 2.02. The molecule has 1 aromatic heterocycles. The highest BCUT2D eigenvalue weighted by molar-refractivity contribution is 7.99. The van der Waals surface area contributed by atoms with Crippen molar-refractivity contribution in [1.29, 1.82) is 5.26 Å². The van der Waals surface area contributed by atoms with Crippen LogP contribution in [0.4, 0.5) is 4.39 Å². The molecule has 4 aromatic rings. The van der Waals surface area contributed by atoms with Crippen molar-refractivity contribution in [2.45, 2.75) is 27.0 Å². The molecule has 0 amide bonds. The highest BCUT2D eigenvalue weighted by Crippen LogP contribution is 2.37. The second-order valence-corrected chi connectivity index (χ2v) is 9.92. The Bertz CT molecular complexity index is 1400. The van der Waals surface area contributed by atoms with Crippen molar-refractivity contribution in [2.75, 3.05) is 0 Å². The van der Waals surface area contributed by atoms with Gasteiger partial charge in [-0.3, -0.25) is 0 Å². The number of fused-ring (bicyclic) bond motifs is 1. The largest absolute Gasteiger partial charge is 0.246 e. The Morgan fingerprint density at radius 2 is 1.55 bits per heavy atom. The van der Waals surface area contributed by atoms with E-state index in [2.05, 4.69) is 9.97 Å². The highest BCUT2D eigenvalue weighted by Gasteiger charge is 2.33. The number of hydrogen-bond donors (Lipinski definition) is 0. The van der Waals surface area contributed by atoms with E-state index in [9.17, 15) is 18.1 Å². The van der Waals surface area contributed by atoms with Crippen molar-refractivity contribution in [3.05, 3.63) is 89.9 Å². The first-order valence-corrected chi connectivity index (χ1v) is 11.6. The summed E-state index contributed by atoms with van der Waals surface area (Å²) in [6.45, 7) is 1.85. The third-order valence-corrected chi connectivity index (χ3v) is 7.50. The van der Waals surface area contributed by atoms with Gasteiger partial charge in [-0.2, -0.15) is 5.26 Å². The minimum atomic E-state index is -4.05. The van der Waals surface area contributed by atoms with E-state index in [-0.39, 0.29) is 21.4 Å². The van der Waals surface area contributed by atoms with Gasteiger partial charge in [-0.15, -0.1) is 0 Å². The van der Waals surface area contributed by atoms with Crippen LogP contribution >= 0.6 is 11.8 Å². The number of aryl methyl sites for hydroxylation is 1. The Hall–Kier alpha value is -3.28. The van der Waals surface area contributed by atoms with Crippen LogP contribution in [-0.4, -0.2) is 18.4 Å². The van der Waals surface area contributed by atoms with Gasteiger partial charge in [0.2, 0.25) is 0 Å². The normalized spacial score (nSPS) is 12.4. The van der Waals surface area contributed by atoms with Crippen molar-refractivity contribution < 1.29 is 12.8 Å².